The molecule has 0 heterocycles. The van der Waals surface area contributed by atoms with Crippen LogP contribution in [0, 0.1) is 6.92 Å². The fourth-order valence-electron chi connectivity index (χ4n) is 2.28. The summed E-state index contributed by atoms with van der Waals surface area (Å²) in [4.78, 5) is 0. The first-order valence-corrected chi connectivity index (χ1v) is 6.67. The molecule has 20 heavy (non-hydrogen) atoms. The summed E-state index contributed by atoms with van der Waals surface area (Å²) in [5.74, 6) is 1.43. The highest BCUT2D eigenvalue weighted by Crippen LogP contribution is 2.30. The number of hydrogen-bond acceptors (Lipinski definition) is 3. The molecule has 3 nitrogen and oxygen atoms in total. The summed E-state index contributed by atoms with van der Waals surface area (Å²) >= 11 is 0. The normalized spacial score (nSPS) is 12.0. The highest BCUT2D eigenvalue weighted by molar-refractivity contribution is 5.44. The lowest BCUT2D eigenvalue weighted by Gasteiger charge is -2.16. The molecule has 0 aromatic heterocycles. The van der Waals surface area contributed by atoms with Gasteiger partial charge in [-0.05, 0) is 42.2 Å². The van der Waals surface area contributed by atoms with E-state index >= 15 is 0 Å². The van der Waals surface area contributed by atoms with Gasteiger partial charge in [0.15, 0.2) is 11.5 Å². The van der Waals surface area contributed by atoms with Crippen molar-refractivity contribution in [3.8, 4) is 11.5 Å². The van der Waals surface area contributed by atoms with Crippen molar-refractivity contribution in [1.82, 2.24) is 0 Å². The van der Waals surface area contributed by atoms with Gasteiger partial charge in [-0.25, -0.2) is 0 Å². The fourth-order valence-corrected chi connectivity index (χ4v) is 2.28. The van der Waals surface area contributed by atoms with E-state index in [1.807, 2.05) is 30.3 Å². The van der Waals surface area contributed by atoms with Gasteiger partial charge in [-0.15, -0.1) is 0 Å². The Hall–Kier alpha value is -2.00. The zero-order valence-electron chi connectivity index (χ0n) is 12.2. The number of aryl methyl sites for hydroxylation is 1. The molecule has 0 bridgehead atoms. The Morgan fingerprint density at radius 2 is 1.70 bits per heavy atom. The predicted molar refractivity (Wildman–Crippen MR) is 81.4 cm³/mol. The Morgan fingerprint density at radius 1 is 1.00 bits per heavy atom. The minimum absolute atomic E-state index is 0.0593. The second kappa shape index (κ2) is 6.44. The van der Waals surface area contributed by atoms with Gasteiger partial charge < -0.3 is 15.2 Å². The lowest BCUT2D eigenvalue weighted by molar-refractivity contribution is 0.354. The lowest BCUT2D eigenvalue weighted by atomic mass is 9.96. The Bertz CT molecular complexity index is 581. The number of ether oxygens (including phenoxy) is 2. The van der Waals surface area contributed by atoms with E-state index in [1.54, 1.807) is 14.2 Å². The lowest BCUT2D eigenvalue weighted by Crippen LogP contribution is -2.14. The van der Waals surface area contributed by atoms with E-state index in [9.17, 15) is 0 Å². The second-order valence-corrected chi connectivity index (χ2v) is 4.85. The van der Waals surface area contributed by atoms with Crippen LogP contribution >= 0.6 is 0 Å². The molecule has 0 saturated heterocycles. The molecule has 0 aliphatic heterocycles. The highest BCUT2D eigenvalue weighted by Gasteiger charge is 2.12. The summed E-state index contributed by atoms with van der Waals surface area (Å²) in [5.41, 5.74) is 9.90. The van der Waals surface area contributed by atoms with Crippen LogP contribution in [0.2, 0.25) is 0 Å². The summed E-state index contributed by atoms with van der Waals surface area (Å²) in [7, 11) is 3.26. The Morgan fingerprint density at radius 3 is 2.35 bits per heavy atom. The van der Waals surface area contributed by atoms with Crippen molar-refractivity contribution in [3.63, 3.8) is 0 Å². The number of methoxy groups -OCH3 is 2. The maximum Gasteiger partial charge on any atom is 0.161 e. The van der Waals surface area contributed by atoms with Crippen LogP contribution in [0.3, 0.4) is 0 Å². The van der Waals surface area contributed by atoms with Crippen molar-refractivity contribution in [1.29, 1.82) is 0 Å². The van der Waals surface area contributed by atoms with E-state index in [4.69, 9.17) is 15.2 Å². The van der Waals surface area contributed by atoms with E-state index in [-0.39, 0.29) is 6.04 Å². The molecule has 3 heteroatoms. The fraction of sp³-hybridized carbons (Fsp3) is 0.294. The predicted octanol–water partition coefficient (Wildman–Crippen LogP) is 3.25. The first kappa shape index (κ1) is 14.4. The van der Waals surface area contributed by atoms with Gasteiger partial charge in [0.1, 0.15) is 0 Å². The van der Waals surface area contributed by atoms with Gasteiger partial charge in [-0.3, -0.25) is 0 Å². The van der Waals surface area contributed by atoms with E-state index in [0.29, 0.717) is 5.75 Å². The first-order valence-electron chi connectivity index (χ1n) is 6.67. The summed E-state index contributed by atoms with van der Waals surface area (Å²) < 4.78 is 10.6. The molecule has 0 radical (unpaired) electrons. The van der Waals surface area contributed by atoms with Gasteiger partial charge in [0.2, 0.25) is 0 Å². The Kier molecular flexibility index (Phi) is 4.64. The van der Waals surface area contributed by atoms with Gasteiger partial charge in [-0.2, -0.15) is 0 Å². The SMILES string of the molecule is COc1ccc([C@@H](N)Cc2ccccc2C)cc1OC. The molecular weight excluding hydrogens is 250 g/mol. The monoisotopic (exact) mass is 271 g/mol. The largest absolute Gasteiger partial charge is 0.493 e. The minimum Gasteiger partial charge on any atom is -0.493 e. The molecule has 1 atom stereocenters. The molecule has 0 unspecified atom stereocenters. The Balaban J connectivity index is 2.21. The van der Waals surface area contributed by atoms with Crippen molar-refractivity contribution in [2.24, 2.45) is 5.73 Å². The van der Waals surface area contributed by atoms with Crippen molar-refractivity contribution in [2.45, 2.75) is 19.4 Å². The smallest absolute Gasteiger partial charge is 0.161 e. The van der Waals surface area contributed by atoms with Crippen LogP contribution in [0.1, 0.15) is 22.7 Å². The molecule has 2 aromatic carbocycles. The molecule has 2 N–H and O–H groups in total. The molecular formula is C17H21NO2. The number of benzene rings is 2. The second-order valence-electron chi connectivity index (χ2n) is 4.85. The van der Waals surface area contributed by atoms with E-state index in [2.05, 4.69) is 19.1 Å². The average molecular weight is 271 g/mol. The summed E-state index contributed by atoms with van der Waals surface area (Å²) in [6.45, 7) is 2.11. The number of rotatable bonds is 5. The average Bonchev–Trinajstić information content (AvgIpc) is 2.48. The van der Waals surface area contributed by atoms with Crippen LogP contribution in [-0.4, -0.2) is 14.2 Å². The Labute approximate surface area is 120 Å². The van der Waals surface area contributed by atoms with Gasteiger partial charge in [0.05, 0.1) is 14.2 Å². The first-order chi connectivity index (χ1) is 9.65. The third kappa shape index (κ3) is 3.11. The zero-order valence-corrected chi connectivity index (χ0v) is 12.2. The standard InChI is InChI=1S/C17H21NO2/c1-12-6-4-5-7-13(12)10-15(18)14-8-9-16(19-2)17(11-14)20-3/h4-9,11,15H,10,18H2,1-3H3/t15-/m0/s1. The van der Waals surface area contributed by atoms with E-state index in [1.165, 1.54) is 11.1 Å². The van der Waals surface area contributed by atoms with Crippen molar-refractivity contribution < 1.29 is 9.47 Å². The van der Waals surface area contributed by atoms with Crippen molar-refractivity contribution >= 4 is 0 Å². The summed E-state index contributed by atoms with van der Waals surface area (Å²) in [5, 5.41) is 0. The molecule has 106 valence electrons. The number of nitrogens with two attached hydrogens (primary N) is 1. The number of hydrogen-bond donors (Lipinski definition) is 1. The quantitative estimate of drug-likeness (QED) is 0.908. The topological polar surface area (TPSA) is 44.5 Å². The molecule has 0 aliphatic rings. The zero-order chi connectivity index (χ0) is 14.5. The molecule has 2 rings (SSSR count). The van der Waals surface area contributed by atoms with Gasteiger partial charge in [0.25, 0.3) is 0 Å². The van der Waals surface area contributed by atoms with Gasteiger partial charge in [-0.1, -0.05) is 30.3 Å². The van der Waals surface area contributed by atoms with Crippen molar-refractivity contribution in [3.05, 3.63) is 59.2 Å². The van der Waals surface area contributed by atoms with Crippen LogP contribution in [0.15, 0.2) is 42.5 Å². The minimum atomic E-state index is -0.0593. The van der Waals surface area contributed by atoms with Gasteiger partial charge in [0, 0.05) is 6.04 Å². The molecule has 2 aromatic rings. The van der Waals surface area contributed by atoms with Crippen LogP contribution in [-0.2, 0) is 6.42 Å². The van der Waals surface area contributed by atoms with E-state index < -0.39 is 0 Å². The van der Waals surface area contributed by atoms with Crippen LogP contribution in [0.25, 0.3) is 0 Å². The molecule has 0 spiro atoms. The third-order valence-corrected chi connectivity index (χ3v) is 3.54. The highest BCUT2D eigenvalue weighted by atomic mass is 16.5. The molecule has 0 fully saturated rings. The summed E-state index contributed by atoms with van der Waals surface area (Å²) in [6, 6.07) is 14.1. The van der Waals surface area contributed by atoms with Crippen LogP contribution in [0.5, 0.6) is 11.5 Å². The van der Waals surface area contributed by atoms with Crippen LogP contribution in [0.4, 0.5) is 0 Å². The maximum absolute atomic E-state index is 6.31. The molecule has 0 saturated carbocycles. The van der Waals surface area contributed by atoms with E-state index in [0.717, 1.165) is 17.7 Å². The third-order valence-electron chi connectivity index (χ3n) is 3.54. The van der Waals surface area contributed by atoms with Crippen molar-refractivity contribution in [2.75, 3.05) is 14.2 Å². The van der Waals surface area contributed by atoms with Gasteiger partial charge >= 0.3 is 0 Å². The molecule has 0 aliphatic carbocycles. The maximum atomic E-state index is 6.31. The molecule has 0 amide bonds. The van der Waals surface area contributed by atoms with Crippen LogP contribution < -0.4 is 15.2 Å². The summed E-state index contributed by atoms with van der Waals surface area (Å²) in [6.07, 6.45) is 0.808.